The number of fused-ring (bicyclic) bond motifs is 1. The number of carbonyl (C=O) groups is 2. The molecule has 1 saturated carbocycles. The van der Waals surface area contributed by atoms with Gasteiger partial charge in [-0.05, 0) is 121 Å². The molecule has 2 aromatic carbocycles. The van der Waals surface area contributed by atoms with Gasteiger partial charge in [0.05, 0.1) is 22.2 Å². The van der Waals surface area contributed by atoms with Gasteiger partial charge in [-0.15, -0.1) is 0 Å². The Morgan fingerprint density at radius 3 is 2.30 bits per heavy atom. The Morgan fingerprint density at radius 2 is 1.70 bits per heavy atom. The summed E-state index contributed by atoms with van der Waals surface area (Å²) in [6.07, 6.45) is -0.593. The van der Waals surface area contributed by atoms with E-state index in [0.29, 0.717) is 49.9 Å². The minimum absolute atomic E-state index is 0.0184. The molecule has 12 heteroatoms. The van der Waals surface area contributed by atoms with E-state index in [1.165, 1.54) is 0 Å². The van der Waals surface area contributed by atoms with Crippen LogP contribution in [0.4, 0.5) is 17.6 Å². The molecule has 2 heterocycles. The standard InChI is InChI=1S/C34H43F4N5O3/c1-20(2)39-30(44)22-6-9-25(10-7-22)43-29-17-21(19-42-15-13-24(14-16-42)33(3,4)46)5-12-28(29)40-32(43)41-31(45)23-8-11-27(35)26(18-23)34(36,37)38/h5,8,11-12,17-18,20,22,24-25,46H,6-7,9-10,13-16,19H2,1-4H3,(H,39,44)(H,40,41,45). The maximum absolute atomic E-state index is 13.9. The number of piperidine rings is 1. The summed E-state index contributed by atoms with van der Waals surface area (Å²) in [6.45, 7) is 9.96. The van der Waals surface area contributed by atoms with Crippen LogP contribution in [-0.2, 0) is 17.5 Å². The van der Waals surface area contributed by atoms with Crippen molar-refractivity contribution in [2.45, 2.75) is 96.6 Å². The first-order valence-corrected chi connectivity index (χ1v) is 16.0. The number of amides is 2. The van der Waals surface area contributed by atoms with E-state index >= 15 is 0 Å². The largest absolute Gasteiger partial charge is 0.419 e. The molecule has 8 nitrogen and oxygen atoms in total. The van der Waals surface area contributed by atoms with Gasteiger partial charge < -0.3 is 20.0 Å². The molecular weight excluding hydrogens is 602 g/mol. The normalized spacial score (nSPS) is 20.9. The topological polar surface area (TPSA) is 103 Å². The van der Waals surface area contributed by atoms with Gasteiger partial charge in [0.15, 0.2) is 0 Å². The number of hydrogen-bond donors (Lipinski definition) is 3. The number of imidazole rings is 1. The van der Waals surface area contributed by atoms with E-state index in [1.807, 2.05) is 44.4 Å². The summed E-state index contributed by atoms with van der Waals surface area (Å²) >= 11 is 0. The third-order valence-corrected chi connectivity index (χ3v) is 9.38. The molecule has 5 rings (SSSR count). The molecule has 0 radical (unpaired) electrons. The lowest BCUT2D eigenvalue weighted by Crippen LogP contribution is -2.41. The van der Waals surface area contributed by atoms with Crippen molar-refractivity contribution in [3.63, 3.8) is 0 Å². The molecule has 3 aromatic rings. The highest BCUT2D eigenvalue weighted by atomic mass is 19.4. The lowest BCUT2D eigenvalue weighted by Gasteiger charge is -2.37. The summed E-state index contributed by atoms with van der Waals surface area (Å²) in [7, 11) is 0. The third kappa shape index (κ3) is 7.71. The highest BCUT2D eigenvalue weighted by Crippen LogP contribution is 2.35. The number of rotatable bonds is 7. The maximum Gasteiger partial charge on any atom is 0.419 e. The maximum atomic E-state index is 13.9. The molecule has 1 saturated heterocycles. The van der Waals surface area contributed by atoms with Crippen molar-refractivity contribution in [1.82, 2.24) is 19.8 Å². The van der Waals surface area contributed by atoms with Crippen LogP contribution < -0.4 is 10.9 Å². The van der Waals surface area contributed by atoms with Gasteiger partial charge >= 0.3 is 6.18 Å². The fourth-order valence-electron chi connectivity index (χ4n) is 6.82. The molecule has 0 spiro atoms. The molecule has 0 bridgehead atoms. The molecule has 1 aliphatic carbocycles. The Kier molecular flexibility index (Phi) is 9.79. The fourth-order valence-corrected chi connectivity index (χ4v) is 6.82. The van der Waals surface area contributed by atoms with Crippen LogP contribution in [0.1, 0.15) is 93.7 Å². The molecule has 2 amide bonds. The molecule has 0 atom stereocenters. The second-order valence-corrected chi connectivity index (χ2v) is 13.7. The minimum Gasteiger partial charge on any atom is -0.390 e. The molecule has 1 aliphatic heterocycles. The van der Waals surface area contributed by atoms with Gasteiger partial charge in [0.1, 0.15) is 5.82 Å². The average Bonchev–Trinajstić information content (AvgIpc) is 3.33. The van der Waals surface area contributed by atoms with Crippen LogP contribution in [0, 0.1) is 17.7 Å². The van der Waals surface area contributed by atoms with Crippen LogP contribution in [0.5, 0.6) is 0 Å². The Balaban J connectivity index is 1.47. The van der Waals surface area contributed by atoms with Crippen LogP contribution in [0.15, 0.2) is 41.4 Å². The zero-order valence-corrected chi connectivity index (χ0v) is 26.8. The number of carbonyl (C=O) groups excluding carboxylic acids is 2. The second kappa shape index (κ2) is 13.3. The first kappa shape index (κ1) is 33.8. The summed E-state index contributed by atoms with van der Waals surface area (Å²) in [5.74, 6) is -2.25. The lowest BCUT2D eigenvalue weighted by molar-refractivity contribution is -0.140. The predicted octanol–water partition coefficient (Wildman–Crippen LogP) is 6.11. The summed E-state index contributed by atoms with van der Waals surface area (Å²) in [5, 5.41) is 13.4. The van der Waals surface area contributed by atoms with Gasteiger partial charge in [-0.3, -0.25) is 14.5 Å². The number of benzene rings is 2. The molecule has 1 aromatic heterocycles. The molecule has 0 unspecified atom stereocenters. The quantitative estimate of drug-likeness (QED) is 0.270. The predicted molar refractivity (Wildman–Crippen MR) is 166 cm³/mol. The monoisotopic (exact) mass is 645 g/mol. The Labute approximate surface area is 265 Å². The van der Waals surface area contributed by atoms with E-state index in [9.17, 15) is 32.3 Å². The van der Waals surface area contributed by atoms with E-state index < -0.39 is 29.1 Å². The van der Waals surface area contributed by atoms with Gasteiger partial charge in [-0.1, -0.05) is 6.07 Å². The van der Waals surface area contributed by atoms with Crippen molar-refractivity contribution >= 4 is 22.8 Å². The zero-order chi connectivity index (χ0) is 33.4. The lowest BCUT2D eigenvalue weighted by atomic mass is 9.83. The Hall–Kier alpha value is -3.51. The number of alkyl halides is 3. The summed E-state index contributed by atoms with van der Waals surface area (Å²) in [6, 6.07) is 8.01. The van der Waals surface area contributed by atoms with Crippen LogP contribution in [0.2, 0.25) is 0 Å². The van der Waals surface area contributed by atoms with Crippen molar-refractivity contribution in [2.75, 3.05) is 13.1 Å². The van der Waals surface area contributed by atoms with E-state index in [1.54, 1.807) is 0 Å². The van der Waals surface area contributed by atoms with Crippen LogP contribution in [-0.4, -0.2) is 56.1 Å². The number of aliphatic hydroxyl groups is 1. The number of halogens is 4. The smallest absolute Gasteiger partial charge is 0.390 e. The van der Waals surface area contributed by atoms with E-state index in [-0.39, 0.29) is 41.0 Å². The SMILES string of the molecule is CC(C)NC(=O)C1CCC(n2/c(=N\C(=O)c3ccc(F)c(C(F)(F)F)c3)[nH]c3ccc(CN4CCC(C(C)(C)O)CC4)cc32)CC1. The van der Waals surface area contributed by atoms with E-state index in [2.05, 4.69) is 26.3 Å². The van der Waals surface area contributed by atoms with E-state index in [0.717, 1.165) is 43.1 Å². The van der Waals surface area contributed by atoms with Gasteiger partial charge in [0, 0.05) is 30.1 Å². The van der Waals surface area contributed by atoms with Crippen molar-refractivity contribution < 1.29 is 32.3 Å². The van der Waals surface area contributed by atoms with Crippen molar-refractivity contribution in [1.29, 1.82) is 0 Å². The van der Waals surface area contributed by atoms with Crippen LogP contribution >= 0.6 is 0 Å². The van der Waals surface area contributed by atoms with Crippen molar-refractivity contribution in [2.24, 2.45) is 16.8 Å². The first-order chi connectivity index (χ1) is 21.6. The number of likely N-dealkylation sites (tertiary alicyclic amines) is 1. The van der Waals surface area contributed by atoms with E-state index in [4.69, 9.17) is 0 Å². The molecule has 46 heavy (non-hydrogen) atoms. The minimum atomic E-state index is -4.96. The zero-order valence-electron chi connectivity index (χ0n) is 26.8. The molecule has 3 N–H and O–H groups in total. The highest BCUT2D eigenvalue weighted by Gasteiger charge is 2.35. The molecule has 2 fully saturated rings. The number of hydrogen-bond acceptors (Lipinski definition) is 4. The van der Waals surface area contributed by atoms with Gasteiger partial charge in [0.2, 0.25) is 11.5 Å². The number of H-pyrrole nitrogens is 1. The molecule has 2 aliphatic rings. The summed E-state index contributed by atoms with van der Waals surface area (Å²) in [5.41, 5.74) is 0.159. The number of nitrogens with one attached hydrogen (secondary N) is 2. The first-order valence-electron chi connectivity index (χ1n) is 16.0. The average molecular weight is 646 g/mol. The number of aromatic amines is 1. The van der Waals surface area contributed by atoms with Gasteiger partial charge in [-0.2, -0.15) is 18.2 Å². The summed E-state index contributed by atoms with van der Waals surface area (Å²) < 4.78 is 56.0. The second-order valence-electron chi connectivity index (χ2n) is 13.7. The number of aromatic nitrogens is 2. The van der Waals surface area contributed by atoms with Crippen LogP contribution in [0.25, 0.3) is 11.0 Å². The Morgan fingerprint density at radius 1 is 1.02 bits per heavy atom. The fraction of sp³-hybridized carbons (Fsp3) is 0.559. The number of nitrogens with zero attached hydrogens (tertiary/aromatic N) is 3. The summed E-state index contributed by atoms with van der Waals surface area (Å²) in [4.78, 5) is 35.7. The van der Waals surface area contributed by atoms with Gasteiger partial charge in [-0.25, -0.2) is 4.39 Å². The Bertz CT molecular complexity index is 1640. The van der Waals surface area contributed by atoms with Crippen molar-refractivity contribution in [3.05, 3.63) is 64.5 Å². The molecular formula is C34H43F4N5O3. The molecule has 250 valence electrons. The third-order valence-electron chi connectivity index (χ3n) is 9.38. The van der Waals surface area contributed by atoms with Crippen LogP contribution in [0.3, 0.4) is 0 Å². The highest BCUT2D eigenvalue weighted by molar-refractivity contribution is 5.95. The van der Waals surface area contributed by atoms with Crippen molar-refractivity contribution in [3.8, 4) is 0 Å². The van der Waals surface area contributed by atoms with Gasteiger partial charge in [0.25, 0.3) is 5.91 Å².